The molecule has 0 aromatic heterocycles. The van der Waals surface area contributed by atoms with E-state index in [-0.39, 0.29) is 18.2 Å². The second-order valence-electron chi connectivity index (χ2n) is 5.07. The van der Waals surface area contributed by atoms with Crippen molar-refractivity contribution >= 4 is 5.78 Å². The fraction of sp³-hybridized carbons (Fsp3) is 0.562. The van der Waals surface area contributed by atoms with Gasteiger partial charge in [0.15, 0.2) is 12.1 Å². The Morgan fingerprint density at radius 2 is 1.90 bits per heavy atom. The van der Waals surface area contributed by atoms with E-state index >= 15 is 0 Å². The zero-order chi connectivity index (χ0) is 15.2. The minimum absolute atomic E-state index is 0.0260. The molecule has 0 radical (unpaired) electrons. The van der Waals surface area contributed by atoms with Gasteiger partial charge in [-0.1, -0.05) is 30.3 Å². The monoisotopic (exact) mass is 294 g/mol. The highest BCUT2D eigenvalue weighted by atomic mass is 16.7. The van der Waals surface area contributed by atoms with E-state index in [9.17, 15) is 4.79 Å². The summed E-state index contributed by atoms with van der Waals surface area (Å²) < 4.78 is 21.2. The van der Waals surface area contributed by atoms with E-state index in [4.69, 9.17) is 18.9 Å². The molecule has 0 bridgehead atoms. The van der Waals surface area contributed by atoms with E-state index in [0.717, 1.165) is 5.56 Å². The first kappa shape index (κ1) is 16.1. The standard InChI is InChI=1S/C16H22O5/c1-11(20-10-12-7-5-4-6-8-12)15(17)16-13(21-16)9-14(18-2)19-3/h4-8,11,13-14,16H,9-10H2,1-3H3/t11-,13+,16-/m1/s1. The summed E-state index contributed by atoms with van der Waals surface area (Å²) in [5.41, 5.74) is 1.05. The van der Waals surface area contributed by atoms with Gasteiger partial charge in [0.2, 0.25) is 0 Å². The maximum Gasteiger partial charge on any atom is 0.192 e. The highest BCUT2D eigenvalue weighted by molar-refractivity contribution is 5.89. The zero-order valence-corrected chi connectivity index (χ0v) is 12.7. The van der Waals surface area contributed by atoms with Crippen molar-refractivity contribution in [2.45, 2.75) is 44.6 Å². The number of ether oxygens (including phenoxy) is 4. The number of rotatable bonds is 9. The van der Waals surface area contributed by atoms with Crippen molar-refractivity contribution in [2.24, 2.45) is 0 Å². The van der Waals surface area contributed by atoms with Gasteiger partial charge in [0.1, 0.15) is 12.2 Å². The van der Waals surface area contributed by atoms with Crippen molar-refractivity contribution in [2.75, 3.05) is 14.2 Å². The van der Waals surface area contributed by atoms with Crippen molar-refractivity contribution in [1.29, 1.82) is 0 Å². The Morgan fingerprint density at radius 1 is 1.24 bits per heavy atom. The zero-order valence-electron chi connectivity index (χ0n) is 12.7. The van der Waals surface area contributed by atoms with Crippen LogP contribution in [0, 0.1) is 0 Å². The third kappa shape index (κ3) is 4.61. The molecule has 0 amide bonds. The lowest BCUT2D eigenvalue weighted by Gasteiger charge is -2.12. The van der Waals surface area contributed by atoms with Crippen LogP contribution >= 0.6 is 0 Å². The third-order valence-electron chi connectivity index (χ3n) is 3.56. The number of epoxide rings is 1. The van der Waals surface area contributed by atoms with E-state index in [0.29, 0.717) is 13.0 Å². The highest BCUT2D eigenvalue weighted by Gasteiger charge is 2.47. The summed E-state index contributed by atoms with van der Waals surface area (Å²) in [6, 6.07) is 9.77. The van der Waals surface area contributed by atoms with Gasteiger partial charge in [0.25, 0.3) is 0 Å². The lowest BCUT2D eigenvalue weighted by atomic mass is 10.1. The molecule has 1 fully saturated rings. The van der Waals surface area contributed by atoms with Gasteiger partial charge in [0, 0.05) is 20.6 Å². The summed E-state index contributed by atoms with van der Waals surface area (Å²) in [7, 11) is 3.14. The van der Waals surface area contributed by atoms with E-state index in [1.165, 1.54) is 0 Å². The van der Waals surface area contributed by atoms with Crippen LogP contribution in [0.2, 0.25) is 0 Å². The molecule has 5 heteroatoms. The molecule has 0 spiro atoms. The molecule has 1 aliphatic rings. The van der Waals surface area contributed by atoms with Crippen LogP contribution in [-0.2, 0) is 30.3 Å². The van der Waals surface area contributed by atoms with Crippen molar-refractivity contribution in [3.8, 4) is 0 Å². The number of methoxy groups -OCH3 is 2. The molecule has 3 atom stereocenters. The fourth-order valence-corrected chi connectivity index (χ4v) is 2.16. The molecule has 1 aliphatic heterocycles. The first-order valence-corrected chi connectivity index (χ1v) is 7.06. The lowest BCUT2D eigenvalue weighted by molar-refractivity contribution is -0.131. The van der Waals surface area contributed by atoms with Gasteiger partial charge in [-0.2, -0.15) is 0 Å². The number of hydrogen-bond donors (Lipinski definition) is 0. The summed E-state index contributed by atoms with van der Waals surface area (Å²) in [4.78, 5) is 12.2. The largest absolute Gasteiger partial charge is 0.366 e. The van der Waals surface area contributed by atoms with E-state index in [1.54, 1.807) is 21.1 Å². The first-order valence-electron chi connectivity index (χ1n) is 7.06. The van der Waals surface area contributed by atoms with Gasteiger partial charge in [-0.25, -0.2) is 0 Å². The average molecular weight is 294 g/mol. The first-order chi connectivity index (χ1) is 10.2. The predicted octanol–water partition coefficient (Wildman–Crippen LogP) is 1.94. The van der Waals surface area contributed by atoms with Crippen molar-refractivity contribution in [1.82, 2.24) is 0 Å². The van der Waals surface area contributed by atoms with Crippen LogP contribution in [0.15, 0.2) is 30.3 Å². The summed E-state index contributed by atoms with van der Waals surface area (Å²) in [6.07, 6.45) is -0.805. The molecule has 0 N–H and O–H groups in total. The number of Topliss-reactive ketones (excluding diaryl/α,β-unsaturated/α-hetero) is 1. The smallest absolute Gasteiger partial charge is 0.192 e. The molecule has 1 aromatic rings. The Hall–Kier alpha value is -1.27. The van der Waals surface area contributed by atoms with Crippen LogP contribution in [0.5, 0.6) is 0 Å². The molecule has 1 aromatic carbocycles. The normalized spacial score (nSPS) is 22.3. The van der Waals surface area contributed by atoms with Crippen LogP contribution in [0.25, 0.3) is 0 Å². The topological polar surface area (TPSA) is 57.3 Å². The summed E-state index contributed by atoms with van der Waals surface area (Å²) in [5.74, 6) is -0.0260. The summed E-state index contributed by atoms with van der Waals surface area (Å²) in [5, 5.41) is 0. The Morgan fingerprint density at radius 3 is 2.52 bits per heavy atom. The number of ketones is 1. The highest BCUT2D eigenvalue weighted by Crippen LogP contribution is 2.29. The molecule has 0 saturated carbocycles. The van der Waals surface area contributed by atoms with Crippen LogP contribution < -0.4 is 0 Å². The molecule has 1 saturated heterocycles. The fourth-order valence-electron chi connectivity index (χ4n) is 2.16. The number of hydrogen-bond acceptors (Lipinski definition) is 5. The third-order valence-corrected chi connectivity index (χ3v) is 3.56. The van der Waals surface area contributed by atoms with E-state index in [1.807, 2.05) is 30.3 Å². The van der Waals surface area contributed by atoms with Crippen molar-refractivity contribution < 1.29 is 23.7 Å². The molecule has 1 heterocycles. The quantitative estimate of drug-likeness (QED) is 0.514. The van der Waals surface area contributed by atoms with Crippen LogP contribution in [0.1, 0.15) is 18.9 Å². The van der Waals surface area contributed by atoms with Crippen LogP contribution in [0.4, 0.5) is 0 Å². The molecule has 5 nitrogen and oxygen atoms in total. The minimum atomic E-state index is -0.483. The molecular formula is C16H22O5. The molecule has 0 aliphatic carbocycles. The van der Waals surface area contributed by atoms with Gasteiger partial charge in [-0.3, -0.25) is 4.79 Å². The van der Waals surface area contributed by atoms with Gasteiger partial charge < -0.3 is 18.9 Å². The SMILES string of the molecule is COC(C[C@@H]1O[C@H]1C(=O)[C@@H](C)OCc1ccccc1)OC. The molecular weight excluding hydrogens is 272 g/mol. The number of carbonyl (C=O) groups is 1. The lowest BCUT2D eigenvalue weighted by Crippen LogP contribution is -2.27. The van der Waals surface area contributed by atoms with Crippen molar-refractivity contribution in [3.05, 3.63) is 35.9 Å². The average Bonchev–Trinajstić information content (AvgIpc) is 3.29. The maximum absolute atomic E-state index is 12.2. The Bertz CT molecular complexity index is 443. The van der Waals surface area contributed by atoms with E-state index in [2.05, 4.69) is 0 Å². The second kappa shape index (κ2) is 7.66. The summed E-state index contributed by atoms with van der Waals surface area (Å²) >= 11 is 0. The second-order valence-corrected chi connectivity index (χ2v) is 5.07. The molecule has 2 rings (SSSR count). The van der Waals surface area contributed by atoms with E-state index < -0.39 is 12.2 Å². The summed E-state index contributed by atoms with van der Waals surface area (Å²) in [6.45, 7) is 2.18. The van der Waals surface area contributed by atoms with Crippen molar-refractivity contribution in [3.63, 3.8) is 0 Å². The number of carbonyl (C=O) groups excluding carboxylic acids is 1. The van der Waals surface area contributed by atoms with Crippen LogP contribution in [-0.4, -0.2) is 44.6 Å². The van der Waals surface area contributed by atoms with Gasteiger partial charge >= 0.3 is 0 Å². The van der Waals surface area contributed by atoms with Gasteiger partial charge in [0.05, 0.1) is 12.7 Å². The number of benzene rings is 1. The Labute approximate surface area is 125 Å². The molecule has 116 valence electrons. The molecule has 0 unspecified atom stereocenters. The minimum Gasteiger partial charge on any atom is -0.366 e. The molecule has 21 heavy (non-hydrogen) atoms. The predicted molar refractivity (Wildman–Crippen MR) is 76.8 cm³/mol. The Balaban J connectivity index is 1.74. The van der Waals surface area contributed by atoms with Gasteiger partial charge in [-0.15, -0.1) is 0 Å². The maximum atomic E-state index is 12.2. The Kier molecular flexibility index (Phi) is 5.87. The van der Waals surface area contributed by atoms with Crippen LogP contribution in [0.3, 0.4) is 0 Å². The van der Waals surface area contributed by atoms with Gasteiger partial charge in [-0.05, 0) is 12.5 Å².